The van der Waals surface area contributed by atoms with Crippen molar-refractivity contribution >= 4 is 147 Å². The van der Waals surface area contributed by atoms with Gasteiger partial charge in [-0.25, -0.2) is 0 Å². The van der Waals surface area contributed by atoms with Gasteiger partial charge < -0.3 is 18.4 Å². The molecular formula is C88H55BrN2O2. The Hall–Kier alpha value is -11.8. The number of aromatic nitrogens is 2. The summed E-state index contributed by atoms with van der Waals surface area (Å²) in [5.41, 5.74) is 19.0. The van der Waals surface area contributed by atoms with E-state index in [0.29, 0.717) is 0 Å². The summed E-state index contributed by atoms with van der Waals surface area (Å²) >= 11 is 3.61. The fourth-order valence-corrected chi connectivity index (χ4v) is 15.0. The van der Waals surface area contributed by atoms with Gasteiger partial charge >= 0.3 is 0 Å². The van der Waals surface area contributed by atoms with Gasteiger partial charge in [0.25, 0.3) is 0 Å². The highest BCUT2D eigenvalue weighted by Crippen LogP contribution is 2.47. The lowest BCUT2D eigenvalue weighted by Gasteiger charge is -2.14. The van der Waals surface area contributed by atoms with Crippen molar-refractivity contribution in [1.82, 2.24) is 9.55 Å². The molecule has 0 aliphatic rings. The van der Waals surface area contributed by atoms with Crippen LogP contribution in [0.25, 0.3) is 181 Å². The van der Waals surface area contributed by atoms with Crippen LogP contribution >= 0.6 is 15.9 Å². The summed E-state index contributed by atoms with van der Waals surface area (Å²) in [5, 5.41) is 19.2. The van der Waals surface area contributed by atoms with Gasteiger partial charge in [-0.2, -0.15) is 0 Å². The lowest BCUT2D eigenvalue weighted by Crippen LogP contribution is -1.96. The van der Waals surface area contributed by atoms with Crippen LogP contribution in [0.5, 0.6) is 0 Å². The van der Waals surface area contributed by atoms with Crippen molar-refractivity contribution in [3.63, 3.8) is 0 Å². The number of benzene rings is 16. The first-order valence-corrected chi connectivity index (χ1v) is 32.4. The molecule has 93 heavy (non-hydrogen) atoms. The molecule has 20 rings (SSSR count). The van der Waals surface area contributed by atoms with Crippen molar-refractivity contribution in [1.29, 1.82) is 0 Å². The van der Waals surface area contributed by atoms with Crippen LogP contribution in [0.4, 0.5) is 0 Å². The highest BCUT2D eigenvalue weighted by atomic mass is 79.9. The molecule has 4 heterocycles. The van der Waals surface area contributed by atoms with Crippen LogP contribution in [0, 0.1) is 0 Å². The van der Waals surface area contributed by atoms with E-state index < -0.39 is 0 Å². The van der Waals surface area contributed by atoms with Gasteiger partial charge in [-0.15, -0.1) is 0 Å². The van der Waals surface area contributed by atoms with Crippen LogP contribution < -0.4 is 0 Å². The standard InChI is InChI=1S/C44H27NO.C26H15NO.C18H13Br/c1-3-13-28(14-4-1)30-25-31(29-15-5-2-6-16-29)27-32(26-30)45-40-22-12-11-19-35(40)37-23-24-39-41-36-20-9-7-17-33(36)34-18-8-10-21-38(34)43(41)46-44(39)42(37)45;1-3-10-18-15(7-1)16-8-2-4-11-20(16)25-23(18)21-14-13-19-17-9-5-6-12-22(17)27-24(19)26(21)28-25;19-18-12-16(14-7-3-1-4-8-14)11-17(13-18)15-9-5-2-6-10-15/h1-27H;1-14,27H;1-13H. The number of H-pyrrole nitrogens is 1. The SMILES string of the molecule is Brc1cc(-c2ccccc2)cc(-c2ccccc2)c1.c1ccc(-c2cc(-c3ccccc3)cc(-n3c4ccccc4c4ccc5c(oc6c7ccccc7c7ccccc7c56)c43)c2)cc1.c1ccc2c(c1)[nH]c1c2ccc2c1oc1c3ccccc3c3ccccc3c21. The van der Waals surface area contributed by atoms with Crippen molar-refractivity contribution in [3.8, 4) is 50.2 Å². The second kappa shape index (κ2) is 22.3. The molecule has 4 nitrogen and oxygen atoms in total. The zero-order chi connectivity index (χ0) is 61.5. The molecule has 0 saturated carbocycles. The number of hydrogen-bond donors (Lipinski definition) is 1. The van der Waals surface area contributed by atoms with Crippen molar-refractivity contribution in [3.05, 3.63) is 332 Å². The molecule has 0 spiro atoms. The largest absolute Gasteiger partial charge is 0.453 e. The Kier molecular flexibility index (Phi) is 13.0. The minimum Gasteiger partial charge on any atom is -0.453 e. The zero-order valence-electron chi connectivity index (χ0n) is 50.3. The van der Waals surface area contributed by atoms with E-state index in [2.05, 4.69) is 341 Å². The van der Waals surface area contributed by atoms with E-state index in [1.807, 2.05) is 12.1 Å². The molecule has 0 radical (unpaired) electrons. The molecule has 0 amide bonds. The number of nitrogens with zero attached hydrogens (tertiary/aromatic N) is 1. The Labute approximate surface area is 543 Å². The number of nitrogens with one attached hydrogen (secondary N) is 1. The van der Waals surface area contributed by atoms with Crippen LogP contribution in [0.3, 0.4) is 0 Å². The number of aromatic amines is 1. The predicted octanol–water partition coefficient (Wildman–Crippen LogP) is 25.6. The average molecular weight is 1250 g/mol. The number of rotatable bonds is 5. The van der Waals surface area contributed by atoms with E-state index in [4.69, 9.17) is 8.83 Å². The van der Waals surface area contributed by atoms with E-state index in [-0.39, 0.29) is 0 Å². The first-order valence-electron chi connectivity index (χ1n) is 31.6. The molecule has 0 aliphatic heterocycles. The van der Waals surface area contributed by atoms with Crippen LogP contribution in [0.2, 0.25) is 0 Å². The van der Waals surface area contributed by atoms with Crippen LogP contribution in [0.1, 0.15) is 0 Å². The molecule has 4 aromatic heterocycles. The Bertz CT molecular complexity index is 6180. The minimum atomic E-state index is 0.914. The Morgan fingerprint density at radius 2 is 0.602 bits per heavy atom. The zero-order valence-corrected chi connectivity index (χ0v) is 51.9. The summed E-state index contributed by atoms with van der Waals surface area (Å²) in [5.74, 6) is 0. The van der Waals surface area contributed by atoms with Gasteiger partial charge in [0.15, 0.2) is 11.2 Å². The van der Waals surface area contributed by atoms with E-state index in [1.54, 1.807) is 0 Å². The van der Waals surface area contributed by atoms with Crippen LogP contribution in [0.15, 0.2) is 341 Å². The van der Waals surface area contributed by atoms with Crippen molar-refractivity contribution in [2.45, 2.75) is 0 Å². The summed E-state index contributed by atoms with van der Waals surface area (Å²) in [7, 11) is 0. The van der Waals surface area contributed by atoms with Gasteiger partial charge in [-0.3, -0.25) is 0 Å². The van der Waals surface area contributed by atoms with E-state index in [0.717, 1.165) is 76.1 Å². The number of furan rings is 2. The van der Waals surface area contributed by atoms with E-state index in [1.165, 1.54) is 109 Å². The van der Waals surface area contributed by atoms with Crippen molar-refractivity contribution in [2.24, 2.45) is 0 Å². The number of fused-ring (bicyclic) bond motifs is 24. The summed E-state index contributed by atoms with van der Waals surface area (Å²) in [4.78, 5) is 3.58. The number of halogens is 1. The van der Waals surface area contributed by atoms with E-state index in [9.17, 15) is 0 Å². The maximum atomic E-state index is 7.09. The number of hydrogen-bond acceptors (Lipinski definition) is 2. The lowest BCUT2D eigenvalue weighted by molar-refractivity contribution is 0.675. The topological polar surface area (TPSA) is 47.0 Å². The molecular weight excluding hydrogens is 1200 g/mol. The average Bonchev–Trinajstić information content (AvgIpc) is 1.57. The highest BCUT2D eigenvalue weighted by Gasteiger charge is 2.24. The molecule has 0 unspecified atom stereocenters. The third kappa shape index (κ3) is 9.11. The third-order valence-corrected chi connectivity index (χ3v) is 19.1. The van der Waals surface area contributed by atoms with Crippen LogP contribution in [-0.4, -0.2) is 9.55 Å². The Morgan fingerprint density at radius 1 is 0.247 bits per heavy atom. The maximum Gasteiger partial charge on any atom is 0.160 e. The molecule has 0 bridgehead atoms. The molecule has 0 fully saturated rings. The monoisotopic (exact) mass is 1250 g/mol. The first kappa shape index (κ1) is 54.2. The molecule has 0 atom stereocenters. The third-order valence-electron chi connectivity index (χ3n) is 18.6. The van der Waals surface area contributed by atoms with Crippen LogP contribution in [-0.2, 0) is 0 Å². The minimum absolute atomic E-state index is 0.914. The maximum absolute atomic E-state index is 7.09. The fraction of sp³-hybridized carbons (Fsp3) is 0. The van der Waals surface area contributed by atoms with Gasteiger partial charge in [0.1, 0.15) is 11.2 Å². The van der Waals surface area contributed by atoms with Gasteiger partial charge in [0.2, 0.25) is 0 Å². The molecule has 5 heteroatoms. The quantitative estimate of drug-likeness (QED) is 0.175. The molecule has 0 aliphatic carbocycles. The molecule has 436 valence electrons. The summed E-state index contributed by atoms with van der Waals surface area (Å²) < 4.78 is 17.2. The summed E-state index contributed by atoms with van der Waals surface area (Å²) in [6.07, 6.45) is 0. The molecule has 0 saturated heterocycles. The number of para-hydroxylation sites is 2. The van der Waals surface area contributed by atoms with Gasteiger partial charge in [-0.05, 0) is 137 Å². The summed E-state index contributed by atoms with van der Waals surface area (Å²) in [6.45, 7) is 0. The molecule has 1 N–H and O–H groups in total. The van der Waals surface area contributed by atoms with Gasteiger partial charge in [0.05, 0.1) is 16.6 Å². The normalized spacial score (nSPS) is 11.7. The summed E-state index contributed by atoms with van der Waals surface area (Å²) in [6, 6.07) is 116. The fourth-order valence-electron chi connectivity index (χ4n) is 14.5. The predicted molar refractivity (Wildman–Crippen MR) is 397 cm³/mol. The second-order valence-corrected chi connectivity index (χ2v) is 24.9. The smallest absolute Gasteiger partial charge is 0.160 e. The van der Waals surface area contributed by atoms with E-state index >= 15 is 0 Å². The van der Waals surface area contributed by atoms with Crippen molar-refractivity contribution < 1.29 is 8.83 Å². The Balaban J connectivity index is 0.000000114. The van der Waals surface area contributed by atoms with Crippen molar-refractivity contribution in [2.75, 3.05) is 0 Å². The lowest BCUT2D eigenvalue weighted by atomic mass is 9.96. The molecule has 16 aromatic carbocycles. The van der Waals surface area contributed by atoms with Gasteiger partial charge in [-0.1, -0.05) is 283 Å². The highest BCUT2D eigenvalue weighted by molar-refractivity contribution is 9.10. The van der Waals surface area contributed by atoms with Gasteiger partial charge in [0, 0.05) is 69.5 Å². The first-order chi connectivity index (χ1) is 46.1. The molecule has 20 aromatic rings. The Morgan fingerprint density at radius 3 is 1.10 bits per heavy atom. The second-order valence-electron chi connectivity index (χ2n) is 24.0.